The van der Waals surface area contributed by atoms with Gasteiger partial charge < -0.3 is 10.8 Å². The molecule has 0 spiro atoms. The molecule has 3 N–H and O–H groups in total. The number of hydrogen-bond acceptors (Lipinski definition) is 2. The highest BCUT2D eigenvalue weighted by Crippen LogP contribution is 1.94. The maximum atomic E-state index is 9.99. The SMILES string of the molecule is NC(=O)C(I)CO. The monoisotopic (exact) mass is 215 g/mol. The average Bonchev–Trinajstić information content (AvgIpc) is 1.65. The fourth-order valence-electron chi connectivity index (χ4n) is 0.0900. The Morgan fingerprint density at radius 2 is 2.43 bits per heavy atom. The van der Waals surface area contributed by atoms with Gasteiger partial charge in [0.25, 0.3) is 0 Å². The minimum atomic E-state index is -0.469. The van der Waals surface area contributed by atoms with E-state index in [4.69, 9.17) is 10.8 Å². The molecular formula is C3H6INO2. The van der Waals surface area contributed by atoms with Gasteiger partial charge in [-0.05, 0) is 0 Å². The number of aliphatic hydroxyl groups excluding tert-OH is 1. The number of alkyl halides is 1. The molecule has 7 heavy (non-hydrogen) atoms. The van der Waals surface area contributed by atoms with Gasteiger partial charge in [-0.3, -0.25) is 4.79 Å². The molecule has 42 valence electrons. The number of halogens is 1. The summed E-state index contributed by atoms with van der Waals surface area (Å²) in [5.41, 5.74) is 4.74. The van der Waals surface area contributed by atoms with Crippen LogP contribution in [0.2, 0.25) is 0 Å². The van der Waals surface area contributed by atoms with Gasteiger partial charge in [0.15, 0.2) is 0 Å². The second kappa shape index (κ2) is 3.20. The Morgan fingerprint density at radius 1 is 2.00 bits per heavy atom. The molecule has 0 aliphatic heterocycles. The van der Waals surface area contributed by atoms with E-state index in [9.17, 15) is 4.79 Å². The van der Waals surface area contributed by atoms with Crippen LogP contribution in [-0.2, 0) is 4.79 Å². The summed E-state index contributed by atoms with van der Waals surface area (Å²) in [6, 6.07) is 0. The van der Waals surface area contributed by atoms with E-state index in [-0.39, 0.29) is 6.61 Å². The summed E-state index contributed by atoms with van der Waals surface area (Å²) in [7, 11) is 0. The van der Waals surface area contributed by atoms with Crippen LogP contribution in [0, 0.1) is 0 Å². The number of carbonyl (C=O) groups excluding carboxylic acids is 1. The van der Waals surface area contributed by atoms with Crippen LogP contribution in [0.4, 0.5) is 0 Å². The summed E-state index contributed by atoms with van der Waals surface area (Å²) in [6.07, 6.45) is 0. The number of rotatable bonds is 2. The fourth-order valence-corrected chi connectivity index (χ4v) is 0.0900. The third-order valence-electron chi connectivity index (χ3n) is 0.469. The first-order valence-electron chi connectivity index (χ1n) is 1.72. The molecule has 0 aromatic heterocycles. The molecule has 0 saturated carbocycles. The molecule has 0 aliphatic carbocycles. The van der Waals surface area contributed by atoms with Gasteiger partial charge in [-0.25, -0.2) is 0 Å². The number of aliphatic hydroxyl groups is 1. The van der Waals surface area contributed by atoms with Crippen LogP contribution in [0.1, 0.15) is 0 Å². The summed E-state index contributed by atoms with van der Waals surface area (Å²) in [5, 5.41) is 8.20. The molecule has 4 heteroatoms. The van der Waals surface area contributed by atoms with Crippen LogP contribution >= 0.6 is 22.6 Å². The Labute approximate surface area is 55.0 Å². The van der Waals surface area contributed by atoms with E-state index >= 15 is 0 Å². The van der Waals surface area contributed by atoms with Gasteiger partial charge in [0, 0.05) is 0 Å². The molecule has 0 fully saturated rings. The molecule has 0 saturated heterocycles. The second-order valence-corrected chi connectivity index (χ2v) is 2.56. The van der Waals surface area contributed by atoms with Crippen molar-refractivity contribution in [3.63, 3.8) is 0 Å². The minimum Gasteiger partial charge on any atom is -0.395 e. The van der Waals surface area contributed by atoms with E-state index < -0.39 is 9.83 Å². The van der Waals surface area contributed by atoms with Crippen molar-refractivity contribution in [3.05, 3.63) is 0 Å². The number of amides is 1. The van der Waals surface area contributed by atoms with E-state index in [0.29, 0.717) is 0 Å². The van der Waals surface area contributed by atoms with Crippen molar-refractivity contribution in [2.24, 2.45) is 5.73 Å². The molecule has 0 bridgehead atoms. The first-order valence-corrected chi connectivity index (χ1v) is 2.97. The molecule has 1 amide bonds. The molecule has 1 unspecified atom stereocenters. The van der Waals surface area contributed by atoms with Gasteiger partial charge in [0.05, 0.1) is 6.61 Å². The lowest BCUT2D eigenvalue weighted by atomic mass is 10.4. The standard InChI is InChI=1S/C3H6INO2/c4-2(1-6)3(5)7/h2,6H,1H2,(H2,5,7). The zero-order valence-electron chi connectivity index (χ0n) is 3.60. The van der Waals surface area contributed by atoms with Gasteiger partial charge >= 0.3 is 0 Å². The lowest BCUT2D eigenvalue weighted by Crippen LogP contribution is -2.25. The van der Waals surface area contributed by atoms with Crippen molar-refractivity contribution in [1.82, 2.24) is 0 Å². The van der Waals surface area contributed by atoms with Crippen LogP contribution in [0.3, 0.4) is 0 Å². The van der Waals surface area contributed by atoms with E-state index in [0.717, 1.165) is 0 Å². The van der Waals surface area contributed by atoms with Crippen molar-refractivity contribution in [1.29, 1.82) is 0 Å². The van der Waals surface area contributed by atoms with Gasteiger partial charge in [0.1, 0.15) is 3.92 Å². The molecule has 1 atom stereocenters. The van der Waals surface area contributed by atoms with Crippen LogP contribution in [0.15, 0.2) is 0 Å². The lowest BCUT2D eigenvalue weighted by molar-refractivity contribution is -0.117. The highest BCUT2D eigenvalue weighted by Gasteiger charge is 2.06. The zero-order valence-corrected chi connectivity index (χ0v) is 5.75. The van der Waals surface area contributed by atoms with E-state index in [1.165, 1.54) is 0 Å². The Kier molecular flexibility index (Phi) is 3.27. The highest BCUT2D eigenvalue weighted by atomic mass is 127. The van der Waals surface area contributed by atoms with Gasteiger partial charge in [-0.15, -0.1) is 0 Å². The highest BCUT2D eigenvalue weighted by molar-refractivity contribution is 14.1. The summed E-state index contributed by atoms with van der Waals surface area (Å²) >= 11 is 1.77. The normalized spacial score (nSPS) is 13.4. The third-order valence-corrected chi connectivity index (χ3v) is 1.48. The van der Waals surface area contributed by atoms with Gasteiger partial charge in [-0.1, -0.05) is 22.6 Å². The maximum absolute atomic E-state index is 9.99. The van der Waals surface area contributed by atoms with E-state index in [1.54, 1.807) is 22.6 Å². The number of hydrogen-bond donors (Lipinski definition) is 2. The largest absolute Gasteiger partial charge is 0.395 e. The molecular weight excluding hydrogens is 209 g/mol. The topological polar surface area (TPSA) is 63.3 Å². The van der Waals surface area contributed by atoms with Crippen molar-refractivity contribution >= 4 is 28.5 Å². The average molecular weight is 215 g/mol. The molecule has 0 heterocycles. The van der Waals surface area contributed by atoms with Gasteiger partial charge in [0.2, 0.25) is 5.91 Å². The first-order chi connectivity index (χ1) is 3.18. The summed E-state index contributed by atoms with van der Waals surface area (Å²) in [5.74, 6) is -0.469. The van der Waals surface area contributed by atoms with E-state index in [1.807, 2.05) is 0 Å². The van der Waals surface area contributed by atoms with Gasteiger partial charge in [-0.2, -0.15) is 0 Å². The molecule has 0 aromatic rings. The molecule has 0 radical (unpaired) electrons. The predicted molar refractivity (Wildman–Crippen MR) is 34.1 cm³/mol. The molecule has 0 aliphatic rings. The van der Waals surface area contributed by atoms with E-state index in [2.05, 4.69) is 0 Å². The lowest BCUT2D eigenvalue weighted by Gasteiger charge is -1.95. The summed E-state index contributed by atoms with van der Waals surface area (Å²) in [6.45, 7) is -0.171. The summed E-state index contributed by atoms with van der Waals surface area (Å²) < 4.78 is -0.433. The fraction of sp³-hybridized carbons (Fsp3) is 0.667. The minimum absolute atomic E-state index is 0.171. The van der Waals surface area contributed by atoms with Crippen LogP contribution in [-0.4, -0.2) is 21.5 Å². The number of primary amides is 1. The Hall–Kier alpha value is 0.160. The Morgan fingerprint density at radius 3 is 2.43 bits per heavy atom. The Bertz CT molecular complexity index is 75.3. The second-order valence-electron chi connectivity index (χ2n) is 1.05. The van der Waals surface area contributed by atoms with Crippen molar-refractivity contribution in [2.75, 3.05) is 6.61 Å². The smallest absolute Gasteiger partial charge is 0.232 e. The van der Waals surface area contributed by atoms with Crippen molar-refractivity contribution in [3.8, 4) is 0 Å². The maximum Gasteiger partial charge on any atom is 0.232 e. The zero-order chi connectivity index (χ0) is 5.86. The molecule has 0 aromatic carbocycles. The van der Waals surface area contributed by atoms with Crippen LogP contribution in [0.25, 0.3) is 0 Å². The number of nitrogens with two attached hydrogens (primary N) is 1. The van der Waals surface area contributed by atoms with Crippen molar-refractivity contribution < 1.29 is 9.90 Å². The summed E-state index contributed by atoms with van der Waals surface area (Å²) in [4.78, 5) is 9.99. The van der Waals surface area contributed by atoms with Crippen molar-refractivity contribution in [2.45, 2.75) is 3.92 Å². The van der Waals surface area contributed by atoms with Crippen LogP contribution < -0.4 is 5.73 Å². The first kappa shape index (κ1) is 7.16. The number of carbonyl (C=O) groups is 1. The quantitative estimate of drug-likeness (QED) is 0.471. The third kappa shape index (κ3) is 2.81. The molecule has 0 rings (SSSR count). The van der Waals surface area contributed by atoms with Crippen LogP contribution in [0.5, 0.6) is 0 Å². The predicted octanol–water partition coefficient (Wildman–Crippen LogP) is -0.732. The Balaban J connectivity index is 3.34. The molecule has 3 nitrogen and oxygen atoms in total.